The molecule has 2 rings (SSSR count). The van der Waals surface area contributed by atoms with Gasteiger partial charge >= 0.3 is 0 Å². The molecule has 0 bridgehead atoms. The molecule has 0 aliphatic rings. The fraction of sp³-hybridized carbons (Fsp3) is 0.182. The summed E-state index contributed by atoms with van der Waals surface area (Å²) in [4.78, 5) is 7.52. The van der Waals surface area contributed by atoms with Gasteiger partial charge in [-0.15, -0.1) is 0 Å². The molecule has 0 atom stereocenters. The van der Waals surface area contributed by atoms with Crippen molar-refractivity contribution in [2.24, 2.45) is 0 Å². The van der Waals surface area contributed by atoms with Crippen molar-refractivity contribution in [3.63, 3.8) is 0 Å². The molecule has 2 N–H and O–H groups in total. The van der Waals surface area contributed by atoms with E-state index in [-0.39, 0.29) is 5.75 Å². The molecule has 1 aromatic heterocycles. The highest BCUT2D eigenvalue weighted by atomic mass is 32.2. The molecule has 0 unspecified atom stereocenters. The predicted molar refractivity (Wildman–Crippen MR) is 63.3 cm³/mol. The summed E-state index contributed by atoms with van der Waals surface area (Å²) in [5.41, 5.74) is 2.85. The van der Waals surface area contributed by atoms with Crippen molar-refractivity contribution in [3.8, 4) is 5.75 Å². The largest absolute Gasteiger partial charge is 0.508 e. The number of hydrogen-bond donors (Lipinski definition) is 2. The molecule has 0 aliphatic carbocycles. The maximum absolute atomic E-state index is 9.29. The van der Waals surface area contributed by atoms with Gasteiger partial charge in [-0.1, -0.05) is 23.9 Å². The zero-order chi connectivity index (χ0) is 10.8. The van der Waals surface area contributed by atoms with E-state index >= 15 is 0 Å². The Hall–Kier alpha value is -1.42. The number of nitrogens with one attached hydrogen (secondary N) is 1. The first-order valence-corrected chi connectivity index (χ1v) is 5.59. The van der Waals surface area contributed by atoms with Crippen LogP contribution in [-0.2, 0) is 0 Å². The first-order valence-electron chi connectivity index (χ1n) is 4.61. The number of phenolic OH excluding ortho intramolecular Hbond substituents is 1. The number of aromatic hydroxyl groups is 1. The van der Waals surface area contributed by atoms with Crippen molar-refractivity contribution in [2.45, 2.75) is 12.1 Å². The molecule has 4 heteroatoms. The highest BCUT2D eigenvalue weighted by Gasteiger charge is 2.03. The van der Waals surface area contributed by atoms with Gasteiger partial charge in [-0.25, -0.2) is 4.98 Å². The summed E-state index contributed by atoms with van der Waals surface area (Å²) >= 11 is 1.61. The standard InChI is InChI=1S/C11H12N2OS/c1-7(2)6-15-11-12-9-4-3-8(14)5-10(9)13-11/h3-5,14H,1,6H2,2H3,(H,12,13). The number of hydrogen-bond acceptors (Lipinski definition) is 3. The van der Waals surface area contributed by atoms with E-state index in [2.05, 4.69) is 16.5 Å². The summed E-state index contributed by atoms with van der Waals surface area (Å²) in [7, 11) is 0. The molecular weight excluding hydrogens is 208 g/mol. The third-order valence-corrected chi connectivity index (χ3v) is 3.00. The smallest absolute Gasteiger partial charge is 0.166 e. The monoisotopic (exact) mass is 220 g/mol. The maximum Gasteiger partial charge on any atom is 0.166 e. The number of imidazole rings is 1. The molecule has 2 aromatic rings. The molecule has 0 amide bonds. The van der Waals surface area contributed by atoms with Crippen LogP contribution >= 0.6 is 11.8 Å². The van der Waals surface area contributed by atoms with Gasteiger partial charge in [0.1, 0.15) is 5.75 Å². The van der Waals surface area contributed by atoms with E-state index in [4.69, 9.17) is 0 Å². The SMILES string of the molecule is C=C(C)CSc1nc2ccc(O)cc2[nH]1. The van der Waals surface area contributed by atoms with E-state index in [1.54, 1.807) is 30.0 Å². The molecule has 3 nitrogen and oxygen atoms in total. The van der Waals surface area contributed by atoms with Gasteiger partial charge in [0.25, 0.3) is 0 Å². The van der Waals surface area contributed by atoms with Crippen LogP contribution in [0.1, 0.15) is 6.92 Å². The topological polar surface area (TPSA) is 48.9 Å². The third-order valence-electron chi connectivity index (χ3n) is 1.90. The molecule has 78 valence electrons. The van der Waals surface area contributed by atoms with Crippen LogP contribution in [0, 0.1) is 0 Å². The van der Waals surface area contributed by atoms with Crippen LogP contribution in [0.4, 0.5) is 0 Å². The number of fused-ring (bicyclic) bond motifs is 1. The molecule has 15 heavy (non-hydrogen) atoms. The van der Waals surface area contributed by atoms with Crippen molar-refractivity contribution in [1.82, 2.24) is 9.97 Å². The van der Waals surface area contributed by atoms with E-state index < -0.39 is 0 Å². The van der Waals surface area contributed by atoms with Crippen molar-refractivity contribution < 1.29 is 5.11 Å². The lowest BCUT2D eigenvalue weighted by Crippen LogP contribution is -1.80. The van der Waals surface area contributed by atoms with Crippen molar-refractivity contribution in [3.05, 3.63) is 30.4 Å². The van der Waals surface area contributed by atoms with Gasteiger partial charge in [0.05, 0.1) is 11.0 Å². The quantitative estimate of drug-likeness (QED) is 0.617. The summed E-state index contributed by atoms with van der Waals surface area (Å²) in [6.07, 6.45) is 0. The Morgan fingerprint density at radius 1 is 1.60 bits per heavy atom. The zero-order valence-corrected chi connectivity index (χ0v) is 9.27. The van der Waals surface area contributed by atoms with Crippen molar-refractivity contribution in [1.29, 1.82) is 0 Å². The number of nitrogens with zero attached hydrogens (tertiary/aromatic N) is 1. The predicted octanol–water partition coefficient (Wildman–Crippen LogP) is 2.94. The zero-order valence-electron chi connectivity index (χ0n) is 8.45. The van der Waals surface area contributed by atoms with Crippen LogP contribution in [0.3, 0.4) is 0 Å². The van der Waals surface area contributed by atoms with E-state index in [1.165, 1.54) is 0 Å². The number of aromatic nitrogens is 2. The minimum atomic E-state index is 0.252. The number of phenols is 1. The van der Waals surface area contributed by atoms with Gasteiger partial charge in [0, 0.05) is 11.8 Å². The maximum atomic E-state index is 9.29. The second-order valence-corrected chi connectivity index (χ2v) is 4.45. The first-order chi connectivity index (χ1) is 7.15. The Kier molecular flexibility index (Phi) is 2.68. The molecule has 1 aromatic carbocycles. The van der Waals surface area contributed by atoms with E-state index in [0.717, 1.165) is 27.5 Å². The number of thioether (sulfide) groups is 1. The van der Waals surface area contributed by atoms with Crippen LogP contribution in [0.25, 0.3) is 11.0 Å². The molecule has 1 heterocycles. The average molecular weight is 220 g/mol. The second kappa shape index (κ2) is 3.98. The number of benzene rings is 1. The second-order valence-electron chi connectivity index (χ2n) is 3.49. The minimum absolute atomic E-state index is 0.252. The van der Waals surface area contributed by atoms with E-state index in [1.807, 2.05) is 6.92 Å². The van der Waals surface area contributed by atoms with Crippen LogP contribution in [0.2, 0.25) is 0 Å². The molecule has 0 aliphatic heterocycles. The van der Waals surface area contributed by atoms with Crippen LogP contribution < -0.4 is 0 Å². The Morgan fingerprint density at radius 3 is 3.13 bits per heavy atom. The summed E-state index contributed by atoms with van der Waals surface area (Å²) < 4.78 is 0. The molecular formula is C11H12N2OS. The summed E-state index contributed by atoms with van der Waals surface area (Å²) in [5.74, 6) is 1.11. The molecule has 0 saturated heterocycles. The van der Waals surface area contributed by atoms with Crippen LogP contribution in [0.5, 0.6) is 5.75 Å². The van der Waals surface area contributed by atoms with E-state index in [9.17, 15) is 5.11 Å². The normalized spacial score (nSPS) is 10.7. The average Bonchev–Trinajstić information content (AvgIpc) is 2.56. The fourth-order valence-electron chi connectivity index (χ4n) is 1.23. The Labute approximate surface area is 92.2 Å². The number of H-pyrrole nitrogens is 1. The Bertz CT molecular complexity index is 504. The third kappa shape index (κ3) is 2.33. The van der Waals surface area contributed by atoms with Gasteiger partial charge in [-0.05, 0) is 19.1 Å². The fourth-order valence-corrected chi connectivity index (χ4v) is 1.96. The summed E-state index contributed by atoms with van der Waals surface area (Å²) in [5, 5.41) is 10.1. The highest BCUT2D eigenvalue weighted by molar-refractivity contribution is 7.99. The Balaban J connectivity index is 2.27. The minimum Gasteiger partial charge on any atom is -0.508 e. The Morgan fingerprint density at radius 2 is 2.40 bits per heavy atom. The lowest BCUT2D eigenvalue weighted by molar-refractivity contribution is 0.476. The summed E-state index contributed by atoms with van der Waals surface area (Å²) in [6.45, 7) is 5.82. The summed E-state index contributed by atoms with van der Waals surface area (Å²) in [6, 6.07) is 5.11. The number of aromatic amines is 1. The lowest BCUT2D eigenvalue weighted by Gasteiger charge is -1.94. The molecule has 0 fully saturated rings. The molecule has 0 saturated carbocycles. The highest BCUT2D eigenvalue weighted by Crippen LogP contribution is 2.23. The van der Waals surface area contributed by atoms with E-state index in [0.29, 0.717) is 0 Å². The van der Waals surface area contributed by atoms with Crippen LogP contribution in [0.15, 0.2) is 35.5 Å². The lowest BCUT2D eigenvalue weighted by atomic mass is 10.3. The number of rotatable bonds is 3. The van der Waals surface area contributed by atoms with Gasteiger partial charge in [0.2, 0.25) is 0 Å². The van der Waals surface area contributed by atoms with Gasteiger partial charge in [-0.3, -0.25) is 0 Å². The van der Waals surface area contributed by atoms with Crippen LogP contribution in [-0.4, -0.2) is 20.8 Å². The van der Waals surface area contributed by atoms with Gasteiger partial charge in [0.15, 0.2) is 5.16 Å². The molecule has 0 spiro atoms. The van der Waals surface area contributed by atoms with Crippen molar-refractivity contribution >= 4 is 22.8 Å². The van der Waals surface area contributed by atoms with Gasteiger partial charge in [-0.2, -0.15) is 0 Å². The molecule has 0 radical (unpaired) electrons. The first kappa shape index (κ1) is 10.1. The van der Waals surface area contributed by atoms with Crippen molar-refractivity contribution in [2.75, 3.05) is 5.75 Å². The van der Waals surface area contributed by atoms with Gasteiger partial charge < -0.3 is 10.1 Å².